The van der Waals surface area contributed by atoms with Gasteiger partial charge >= 0.3 is 0 Å². The van der Waals surface area contributed by atoms with E-state index in [1.807, 2.05) is 61.5 Å². The molecule has 3 aromatic carbocycles. The minimum Gasteiger partial charge on any atom is -0.464 e. The van der Waals surface area contributed by atoms with Gasteiger partial charge in [-0.25, -0.2) is 0 Å². The number of rotatable bonds is 7. The first-order chi connectivity index (χ1) is 15.1. The summed E-state index contributed by atoms with van der Waals surface area (Å²) < 4.78 is 17.5. The Bertz CT molecular complexity index is 1280. The molecule has 5 heteroatoms. The van der Waals surface area contributed by atoms with Crippen LogP contribution in [0.3, 0.4) is 0 Å². The molecule has 0 spiro atoms. The van der Waals surface area contributed by atoms with Crippen molar-refractivity contribution in [1.29, 1.82) is 0 Å². The molecule has 0 amide bonds. The summed E-state index contributed by atoms with van der Waals surface area (Å²) in [6.45, 7) is 1.92. The van der Waals surface area contributed by atoms with Crippen LogP contribution in [-0.2, 0) is 27.4 Å². The van der Waals surface area contributed by atoms with Crippen molar-refractivity contribution in [3.05, 3.63) is 90.2 Å². The van der Waals surface area contributed by atoms with Gasteiger partial charge in [-0.3, -0.25) is 9.00 Å². The molecule has 2 N–H and O–H groups in total. The average molecular weight is 447 g/mol. The fourth-order valence-electron chi connectivity index (χ4n) is 4.29. The molecule has 1 aliphatic carbocycles. The van der Waals surface area contributed by atoms with E-state index in [-0.39, 0.29) is 16.7 Å². The summed E-state index contributed by atoms with van der Waals surface area (Å²) in [6.07, 6.45) is 3.90. The number of carbonyl (C=O) groups is 1. The highest BCUT2D eigenvalue weighted by atomic mass is 32.2. The van der Waals surface area contributed by atoms with Gasteiger partial charge < -0.3 is 9.89 Å². The van der Waals surface area contributed by atoms with Crippen LogP contribution >= 0.6 is 0 Å². The third-order valence-corrected chi connectivity index (χ3v) is 7.62. The fourth-order valence-corrected chi connectivity index (χ4v) is 5.06. The van der Waals surface area contributed by atoms with Crippen molar-refractivity contribution >= 4 is 27.6 Å². The molecule has 164 valence electrons. The topological polar surface area (TPSA) is 78.8 Å². The van der Waals surface area contributed by atoms with E-state index in [1.54, 1.807) is 6.26 Å². The van der Waals surface area contributed by atoms with E-state index in [4.69, 9.17) is 4.42 Å². The Hall–Kier alpha value is -3.02. The molecule has 0 aliphatic heterocycles. The molecule has 0 bridgehead atoms. The van der Waals surface area contributed by atoms with E-state index in [1.165, 1.54) is 0 Å². The average Bonchev–Trinajstić information content (AvgIpc) is 3.49. The van der Waals surface area contributed by atoms with Gasteiger partial charge in [-0.15, -0.1) is 0 Å². The molecule has 1 aliphatic rings. The Labute approximate surface area is 190 Å². The van der Waals surface area contributed by atoms with Gasteiger partial charge in [0.2, 0.25) is 0 Å². The Morgan fingerprint density at radius 1 is 0.969 bits per heavy atom. The molecule has 1 saturated carbocycles. The number of furan rings is 1. The lowest BCUT2D eigenvalue weighted by atomic mass is 9.87. The molecule has 1 unspecified atom stereocenters. The number of hydrogen-bond acceptors (Lipinski definition) is 3. The lowest BCUT2D eigenvalue weighted by Gasteiger charge is -2.15. The maximum atomic E-state index is 13.3. The molecular weight excluding hydrogens is 420 g/mol. The first-order valence-electron chi connectivity index (χ1n) is 10.7. The Morgan fingerprint density at radius 2 is 1.75 bits per heavy atom. The van der Waals surface area contributed by atoms with Crippen LogP contribution in [0.25, 0.3) is 22.1 Å². The van der Waals surface area contributed by atoms with Gasteiger partial charge in [-0.05, 0) is 59.4 Å². The highest BCUT2D eigenvalue weighted by molar-refractivity contribution is 7.85. The van der Waals surface area contributed by atoms with Crippen molar-refractivity contribution in [2.45, 2.75) is 36.5 Å². The molecule has 32 heavy (non-hydrogen) atoms. The van der Waals surface area contributed by atoms with E-state index < -0.39 is 10.8 Å². The minimum absolute atomic E-state index is 0. The molecule has 0 saturated heterocycles. The van der Waals surface area contributed by atoms with Crippen molar-refractivity contribution in [1.82, 2.24) is 0 Å². The number of ketones is 1. The van der Waals surface area contributed by atoms with Crippen LogP contribution in [0.5, 0.6) is 0 Å². The van der Waals surface area contributed by atoms with Gasteiger partial charge in [0.25, 0.3) is 0 Å². The Balaban J connectivity index is 0.00000245. The van der Waals surface area contributed by atoms with Crippen LogP contribution in [0.2, 0.25) is 0 Å². The van der Waals surface area contributed by atoms with Gasteiger partial charge in [0.15, 0.2) is 0 Å². The molecule has 0 radical (unpaired) electrons. The molecule has 4 nitrogen and oxygen atoms in total. The van der Waals surface area contributed by atoms with Crippen molar-refractivity contribution in [2.75, 3.05) is 5.75 Å². The van der Waals surface area contributed by atoms with Crippen molar-refractivity contribution in [3.63, 3.8) is 0 Å². The number of fused-ring (bicyclic) bond motifs is 1. The first-order valence-corrected chi connectivity index (χ1v) is 12.0. The second kappa shape index (κ2) is 8.85. The lowest BCUT2D eigenvalue weighted by molar-refractivity contribution is -0.120. The van der Waals surface area contributed by atoms with Crippen LogP contribution in [0.1, 0.15) is 30.9 Å². The normalized spacial score (nSPS) is 15.2. The van der Waals surface area contributed by atoms with Gasteiger partial charge in [0.05, 0.1) is 22.5 Å². The van der Waals surface area contributed by atoms with Gasteiger partial charge in [0, 0.05) is 22.5 Å². The van der Waals surface area contributed by atoms with Crippen LogP contribution in [0.4, 0.5) is 0 Å². The standard InChI is InChI=1S/C27H24O3S.H2O/c1-2-31(29)24-10-7-20(8-11-24)22-5-3-4-19(16-22)17-26(28)27(13-14-27)23-9-6-21-12-15-30-25(21)18-23;/h3-12,15-16,18H,2,13-14,17H2,1H3;1H2. The van der Waals surface area contributed by atoms with Gasteiger partial charge in [-0.1, -0.05) is 55.5 Å². The van der Waals surface area contributed by atoms with Crippen LogP contribution in [-0.4, -0.2) is 21.2 Å². The summed E-state index contributed by atoms with van der Waals surface area (Å²) in [5.74, 6) is 0.884. The summed E-state index contributed by atoms with van der Waals surface area (Å²) in [6, 6.07) is 24.1. The predicted molar refractivity (Wildman–Crippen MR) is 128 cm³/mol. The van der Waals surface area contributed by atoms with Crippen LogP contribution in [0.15, 0.2) is 88.4 Å². The van der Waals surface area contributed by atoms with Crippen molar-refractivity contribution < 1.29 is 18.9 Å². The van der Waals surface area contributed by atoms with Gasteiger partial charge in [-0.2, -0.15) is 0 Å². The van der Waals surface area contributed by atoms with Crippen molar-refractivity contribution in [3.8, 4) is 11.1 Å². The minimum atomic E-state index is -0.946. The molecule has 1 heterocycles. The first kappa shape index (κ1) is 22.2. The van der Waals surface area contributed by atoms with Gasteiger partial charge in [0.1, 0.15) is 11.4 Å². The number of benzene rings is 3. The SMILES string of the molecule is CCS(=O)c1ccc(-c2cccc(CC(=O)C3(c4ccc5ccoc5c4)CC3)c2)cc1.O. The summed E-state index contributed by atoms with van der Waals surface area (Å²) in [7, 11) is -0.946. The highest BCUT2D eigenvalue weighted by Gasteiger charge is 2.50. The smallest absolute Gasteiger partial charge is 0.147 e. The Kier molecular flexibility index (Phi) is 6.13. The molecule has 1 fully saturated rings. The zero-order valence-corrected chi connectivity index (χ0v) is 18.8. The summed E-state index contributed by atoms with van der Waals surface area (Å²) in [5, 5.41) is 1.06. The van der Waals surface area contributed by atoms with E-state index >= 15 is 0 Å². The van der Waals surface area contributed by atoms with Crippen LogP contribution < -0.4 is 0 Å². The Morgan fingerprint density at radius 3 is 2.47 bits per heavy atom. The second-order valence-electron chi connectivity index (χ2n) is 8.21. The lowest BCUT2D eigenvalue weighted by Crippen LogP contribution is -2.22. The summed E-state index contributed by atoms with van der Waals surface area (Å²) in [5.41, 5.74) is 4.69. The predicted octanol–water partition coefficient (Wildman–Crippen LogP) is 5.25. The third-order valence-electron chi connectivity index (χ3n) is 6.30. The maximum absolute atomic E-state index is 13.3. The maximum Gasteiger partial charge on any atom is 0.147 e. The zero-order valence-electron chi connectivity index (χ0n) is 18.0. The van der Waals surface area contributed by atoms with Crippen LogP contribution in [0, 0.1) is 0 Å². The zero-order chi connectivity index (χ0) is 21.4. The molecule has 1 aromatic heterocycles. The highest BCUT2D eigenvalue weighted by Crippen LogP contribution is 2.50. The summed E-state index contributed by atoms with van der Waals surface area (Å²) in [4.78, 5) is 14.2. The second-order valence-corrected chi connectivity index (χ2v) is 9.95. The summed E-state index contributed by atoms with van der Waals surface area (Å²) >= 11 is 0. The van der Waals surface area contributed by atoms with E-state index in [0.717, 1.165) is 51.0 Å². The molecule has 4 aromatic rings. The van der Waals surface area contributed by atoms with E-state index in [0.29, 0.717) is 12.2 Å². The number of Topliss-reactive ketones (excluding diaryl/α,β-unsaturated/α-hetero) is 1. The third kappa shape index (κ3) is 4.06. The fraction of sp³-hybridized carbons (Fsp3) is 0.222. The van der Waals surface area contributed by atoms with Crippen molar-refractivity contribution in [2.24, 2.45) is 0 Å². The molecule has 5 rings (SSSR count). The quantitative estimate of drug-likeness (QED) is 0.389. The number of carbonyl (C=O) groups excluding carboxylic acids is 1. The largest absolute Gasteiger partial charge is 0.464 e. The number of hydrogen-bond donors (Lipinski definition) is 0. The van der Waals surface area contributed by atoms with E-state index in [9.17, 15) is 9.00 Å². The molecular formula is C27H26O4S. The monoisotopic (exact) mass is 446 g/mol. The molecule has 1 atom stereocenters. The van der Waals surface area contributed by atoms with E-state index in [2.05, 4.69) is 18.2 Å².